The topological polar surface area (TPSA) is 59.6 Å². The molecule has 2 aromatic carbocycles. The molecule has 0 spiro atoms. The van der Waals surface area contributed by atoms with Crippen molar-refractivity contribution in [2.45, 2.75) is 33.0 Å². The molecule has 27 heavy (non-hydrogen) atoms. The SMILES string of the molecule is CCCOc1c(Cl)cc(C(=O)NCc2ccc3c(c2)CNC3)cc1OC.Cl. The zero-order valence-electron chi connectivity index (χ0n) is 15.4. The van der Waals surface area contributed by atoms with Gasteiger partial charge in [0.25, 0.3) is 5.91 Å². The van der Waals surface area contributed by atoms with Gasteiger partial charge in [-0.15, -0.1) is 12.4 Å². The molecule has 0 fully saturated rings. The molecule has 0 bridgehead atoms. The molecule has 2 N–H and O–H groups in total. The van der Waals surface area contributed by atoms with E-state index >= 15 is 0 Å². The van der Waals surface area contributed by atoms with Gasteiger partial charge in [0.05, 0.1) is 18.7 Å². The van der Waals surface area contributed by atoms with Crippen LogP contribution in [0.2, 0.25) is 5.02 Å². The highest BCUT2D eigenvalue weighted by molar-refractivity contribution is 6.32. The van der Waals surface area contributed by atoms with Gasteiger partial charge in [0.15, 0.2) is 11.5 Å². The second kappa shape index (κ2) is 9.83. The van der Waals surface area contributed by atoms with E-state index < -0.39 is 0 Å². The predicted octanol–water partition coefficient (Wildman–Crippen LogP) is 4.09. The molecule has 5 nitrogen and oxygen atoms in total. The van der Waals surface area contributed by atoms with Gasteiger partial charge < -0.3 is 20.1 Å². The first kappa shape index (κ1) is 21.4. The highest BCUT2D eigenvalue weighted by Crippen LogP contribution is 2.36. The van der Waals surface area contributed by atoms with Crippen LogP contribution in [0.5, 0.6) is 11.5 Å². The van der Waals surface area contributed by atoms with Crippen LogP contribution in [0.25, 0.3) is 0 Å². The van der Waals surface area contributed by atoms with Crippen molar-refractivity contribution in [1.82, 2.24) is 10.6 Å². The first-order valence-corrected chi connectivity index (χ1v) is 9.10. The number of amides is 1. The van der Waals surface area contributed by atoms with E-state index in [1.54, 1.807) is 12.1 Å². The number of rotatable bonds is 7. The number of methoxy groups -OCH3 is 1. The molecule has 1 amide bonds. The Balaban J connectivity index is 0.00000261. The van der Waals surface area contributed by atoms with Crippen molar-refractivity contribution in [3.8, 4) is 11.5 Å². The quantitative estimate of drug-likeness (QED) is 0.721. The van der Waals surface area contributed by atoms with Crippen molar-refractivity contribution in [2.75, 3.05) is 13.7 Å². The van der Waals surface area contributed by atoms with Gasteiger partial charge >= 0.3 is 0 Å². The Morgan fingerprint density at radius 1 is 1.22 bits per heavy atom. The molecular weight excluding hydrogens is 387 g/mol. The van der Waals surface area contributed by atoms with Crippen molar-refractivity contribution < 1.29 is 14.3 Å². The average molecular weight is 411 g/mol. The van der Waals surface area contributed by atoms with Crippen LogP contribution in [0.1, 0.15) is 40.4 Å². The number of carbonyl (C=O) groups excluding carboxylic acids is 1. The van der Waals surface area contributed by atoms with E-state index in [-0.39, 0.29) is 18.3 Å². The summed E-state index contributed by atoms with van der Waals surface area (Å²) in [5.41, 5.74) is 4.12. The first-order chi connectivity index (χ1) is 12.6. The third-order valence-corrected chi connectivity index (χ3v) is 4.58. The number of benzene rings is 2. The Kier molecular flexibility index (Phi) is 7.78. The summed E-state index contributed by atoms with van der Waals surface area (Å²) in [5, 5.41) is 6.62. The van der Waals surface area contributed by atoms with Crippen LogP contribution in [0.3, 0.4) is 0 Å². The van der Waals surface area contributed by atoms with E-state index in [2.05, 4.69) is 22.8 Å². The lowest BCUT2D eigenvalue weighted by Crippen LogP contribution is -2.23. The summed E-state index contributed by atoms with van der Waals surface area (Å²) >= 11 is 6.28. The smallest absolute Gasteiger partial charge is 0.251 e. The molecule has 7 heteroatoms. The number of halogens is 2. The molecule has 0 saturated carbocycles. The lowest BCUT2D eigenvalue weighted by molar-refractivity contribution is 0.0950. The molecular formula is C20H24Cl2N2O3. The summed E-state index contributed by atoms with van der Waals surface area (Å²) in [6.07, 6.45) is 0.859. The van der Waals surface area contributed by atoms with Crippen LogP contribution in [-0.2, 0) is 19.6 Å². The Morgan fingerprint density at radius 2 is 2.00 bits per heavy atom. The van der Waals surface area contributed by atoms with Crippen LogP contribution >= 0.6 is 24.0 Å². The molecule has 1 heterocycles. The van der Waals surface area contributed by atoms with Gasteiger partial charge in [0.2, 0.25) is 0 Å². The molecule has 0 radical (unpaired) electrons. The van der Waals surface area contributed by atoms with E-state index in [0.29, 0.717) is 35.2 Å². The van der Waals surface area contributed by atoms with Crippen LogP contribution in [0, 0.1) is 0 Å². The third kappa shape index (κ3) is 5.06. The average Bonchev–Trinajstić information content (AvgIpc) is 3.12. The van der Waals surface area contributed by atoms with Gasteiger partial charge in [0, 0.05) is 25.2 Å². The molecule has 0 saturated heterocycles. The van der Waals surface area contributed by atoms with Gasteiger partial charge in [0.1, 0.15) is 0 Å². The summed E-state index contributed by atoms with van der Waals surface area (Å²) in [7, 11) is 1.53. The predicted molar refractivity (Wildman–Crippen MR) is 109 cm³/mol. The molecule has 0 aliphatic carbocycles. The fraction of sp³-hybridized carbons (Fsp3) is 0.350. The fourth-order valence-corrected chi connectivity index (χ4v) is 3.20. The molecule has 1 aliphatic heterocycles. The zero-order valence-corrected chi connectivity index (χ0v) is 17.0. The lowest BCUT2D eigenvalue weighted by atomic mass is 10.1. The van der Waals surface area contributed by atoms with Crippen molar-refractivity contribution in [3.05, 3.63) is 57.6 Å². The maximum absolute atomic E-state index is 12.5. The maximum atomic E-state index is 12.5. The second-order valence-electron chi connectivity index (χ2n) is 6.23. The van der Waals surface area contributed by atoms with E-state index in [1.165, 1.54) is 18.2 Å². The summed E-state index contributed by atoms with van der Waals surface area (Å²) in [6.45, 7) is 4.79. The van der Waals surface area contributed by atoms with Gasteiger partial charge in [-0.05, 0) is 35.2 Å². The zero-order chi connectivity index (χ0) is 18.5. The number of nitrogens with one attached hydrogen (secondary N) is 2. The summed E-state index contributed by atoms with van der Waals surface area (Å²) in [5.74, 6) is 0.726. The molecule has 3 rings (SSSR count). The minimum absolute atomic E-state index is 0. The van der Waals surface area contributed by atoms with Crippen LogP contribution in [-0.4, -0.2) is 19.6 Å². The summed E-state index contributed by atoms with van der Waals surface area (Å²) < 4.78 is 11.0. The highest BCUT2D eigenvalue weighted by Gasteiger charge is 2.16. The molecule has 146 valence electrons. The Labute approximate surface area is 170 Å². The third-order valence-electron chi connectivity index (χ3n) is 4.30. The summed E-state index contributed by atoms with van der Waals surface area (Å²) in [4.78, 5) is 12.5. The minimum Gasteiger partial charge on any atom is -0.493 e. The number of hydrogen-bond donors (Lipinski definition) is 2. The van der Waals surface area contributed by atoms with E-state index in [0.717, 1.165) is 25.1 Å². The van der Waals surface area contributed by atoms with Crippen molar-refractivity contribution >= 4 is 29.9 Å². The van der Waals surface area contributed by atoms with E-state index in [1.807, 2.05) is 13.0 Å². The Bertz CT molecular complexity index is 812. The molecule has 0 unspecified atom stereocenters. The van der Waals surface area contributed by atoms with Crippen LogP contribution < -0.4 is 20.1 Å². The lowest BCUT2D eigenvalue weighted by Gasteiger charge is -2.14. The van der Waals surface area contributed by atoms with E-state index in [9.17, 15) is 4.79 Å². The molecule has 0 aromatic heterocycles. The first-order valence-electron chi connectivity index (χ1n) is 8.72. The normalized spacial score (nSPS) is 12.1. The van der Waals surface area contributed by atoms with Crippen molar-refractivity contribution in [3.63, 3.8) is 0 Å². The monoisotopic (exact) mass is 410 g/mol. The Morgan fingerprint density at radius 3 is 2.74 bits per heavy atom. The standard InChI is InChI=1S/C20H23ClN2O3.ClH/c1-3-6-26-19-17(21)8-15(9-18(19)25-2)20(24)23-10-13-4-5-14-11-22-12-16(14)7-13;/h4-5,7-9,22H,3,6,10-12H2,1-2H3,(H,23,24);1H. The minimum atomic E-state index is -0.203. The van der Waals surface area contributed by atoms with Crippen molar-refractivity contribution in [2.24, 2.45) is 0 Å². The van der Waals surface area contributed by atoms with Gasteiger partial charge in [-0.1, -0.05) is 36.7 Å². The maximum Gasteiger partial charge on any atom is 0.251 e. The molecule has 2 aromatic rings. The van der Waals surface area contributed by atoms with Crippen LogP contribution in [0.4, 0.5) is 0 Å². The number of hydrogen-bond acceptors (Lipinski definition) is 4. The molecule has 0 atom stereocenters. The largest absolute Gasteiger partial charge is 0.493 e. The summed E-state index contributed by atoms with van der Waals surface area (Å²) in [6, 6.07) is 9.54. The van der Waals surface area contributed by atoms with Gasteiger partial charge in [-0.3, -0.25) is 4.79 Å². The number of fused-ring (bicyclic) bond motifs is 1. The molecule has 1 aliphatic rings. The number of ether oxygens (including phenoxy) is 2. The number of carbonyl (C=O) groups is 1. The van der Waals surface area contributed by atoms with Gasteiger partial charge in [-0.25, -0.2) is 0 Å². The van der Waals surface area contributed by atoms with Crippen LogP contribution in [0.15, 0.2) is 30.3 Å². The highest BCUT2D eigenvalue weighted by atomic mass is 35.5. The second-order valence-corrected chi connectivity index (χ2v) is 6.63. The van der Waals surface area contributed by atoms with Gasteiger partial charge in [-0.2, -0.15) is 0 Å². The van der Waals surface area contributed by atoms with Crippen molar-refractivity contribution in [1.29, 1.82) is 0 Å². The Hall–Kier alpha value is -1.95. The van der Waals surface area contributed by atoms with E-state index in [4.69, 9.17) is 21.1 Å². The fourth-order valence-electron chi connectivity index (χ4n) is 2.94.